The first-order valence-electron chi connectivity index (χ1n) is 12.3. The van der Waals surface area contributed by atoms with Crippen molar-refractivity contribution in [3.05, 3.63) is 65.7 Å². The number of hydrogen-bond donors (Lipinski definition) is 0. The molecule has 2 aromatic carbocycles. The number of rotatable bonds is 9. The molecule has 1 fully saturated rings. The SMILES string of the molecule is Cc1ccc(S(=O)(=O)N2C[C@H](CCCCO[Si](C)(C)C(C)(C)C)OC[C@H]2c2ccccc2)cc1. The molecular formula is C27H41NO4SSi. The van der Waals surface area contributed by atoms with Crippen LogP contribution in [0.5, 0.6) is 0 Å². The second-order valence-corrected chi connectivity index (χ2v) is 17.6. The summed E-state index contributed by atoms with van der Waals surface area (Å²) in [6.45, 7) is 14.7. The summed E-state index contributed by atoms with van der Waals surface area (Å²) in [5.74, 6) is 0. The maximum absolute atomic E-state index is 13.7. The highest BCUT2D eigenvalue weighted by molar-refractivity contribution is 7.89. The van der Waals surface area contributed by atoms with Crippen LogP contribution < -0.4 is 0 Å². The lowest BCUT2D eigenvalue weighted by molar-refractivity contribution is -0.0378. The van der Waals surface area contributed by atoms with Crippen molar-refractivity contribution < 1.29 is 17.6 Å². The molecule has 34 heavy (non-hydrogen) atoms. The molecule has 0 radical (unpaired) electrons. The fourth-order valence-corrected chi connectivity index (χ4v) is 6.65. The summed E-state index contributed by atoms with van der Waals surface area (Å²) in [6.07, 6.45) is 2.61. The molecule has 1 aliphatic rings. The lowest BCUT2D eigenvalue weighted by atomic mass is 10.0. The fraction of sp³-hybridized carbons (Fsp3) is 0.556. The monoisotopic (exact) mass is 503 g/mol. The van der Waals surface area contributed by atoms with E-state index < -0.39 is 18.3 Å². The molecule has 0 aromatic heterocycles. The standard InChI is InChI=1S/C27H41NO4SSi/c1-22-15-17-25(18-16-22)33(29,30)28-20-24(31-21-26(28)23-12-8-7-9-13-23)14-10-11-19-32-34(5,6)27(2,3)4/h7-9,12-13,15-18,24,26H,10-11,14,19-21H2,1-6H3/t24-,26-/m0/s1. The number of nitrogens with zero attached hydrogens (tertiary/aromatic N) is 1. The van der Waals surface area contributed by atoms with Crippen molar-refractivity contribution in [2.75, 3.05) is 19.8 Å². The zero-order valence-electron chi connectivity index (χ0n) is 21.6. The van der Waals surface area contributed by atoms with E-state index in [1.165, 1.54) is 0 Å². The van der Waals surface area contributed by atoms with Crippen molar-refractivity contribution in [3.63, 3.8) is 0 Å². The van der Waals surface area contributed by atoms with Crippen molar-refractivity contribution in [1.29, 1.82) is 0 Å². The summed E-state index contributed by atoms with van der Waals surface area (Å²) >= 11 is 0. The van der Waals surface area contributed by atoms with Crippen LogP contribution in [0.4, 0.5) is 0 Å². The largest absolute Gasteiger partial charge is 0.417 e. The van der Waals surface area contributed by atoms with Crippen LogP contribution in [-0.4, -0.2) is 46.9 Å². The maximum Gasteiger partial charge on any atom is 0.243 e. The Morgan fingerprint density at radius 3 is 2.29 bits per heavy atom. The number of unbranched alkanes of at least 4 members (excludes halogenated alkanes) is 1. The first-order chi connectivity index (χ1) is 15.9. The van der Waals surface area contributed by atoms with Crippen molar-refractivity contribution in [3.8, 4) is 0 Å². The molecule has 1 aliphatic heterocycles. The molecule has 2 atom stereocenters. The lowest BCUT2D eigenvalue weighted by Crippen LogP contribution is -2.47. The van der Waals surface area contributed by atoms with E-state index in [0.29, 0.717) is 18.0 Å². The van der Waals surface area contributed by atoms with E-state index in [9.17, 15) is 8.42 Å². The Morgan fingerprint density at radius 1 is 1.03 bits per heavy atom. The number of aryl methyl sites for hydroxylation is 1. The van der Waals surface area contributed by atoms with Gasteiger partial charge in [-0.2, -0.15) is 4.31 Å². The van der Waals surface area contributed by atoms with E-state index >= 15 is 0 Å². The second-order valence-electron chi connectivity index (χ2n) is 10.9. The van der Waals surface area contributed by atoms with Crippen molar-refractivity contribution in [2.45, 2.75) is 82.1 Å². The Bertz CT molecular complexity index is 1020. The molecule has 3 rings (SSSR count). The third-order valence-corrected chi connectivity index (χ3v) is 13.6. The van der Waals surface area contributed by atoms with Gasteiger partial charge in [0.15, 0.2) is 8.32 Å². The van der Waals surface area contributed by atoms with Gasteiger partial charge < -0.3 is 9.16 Å². The summed E-state index contributed by atoms with van der Waals surface area (Å²) in [5, 5.41) is 0.205. The number of ether oxygens (including phenoxy) is 1. The Labute approximate surface area is 207 Å². The van der Waals surface area contributed by atoms with Gasteiger partial charge in [-0.1, -0.05) is 68.8 Å². The topological polar surface area (TPSA) is 55.8 Å². The Hall–Kier alpha value is -1.51. The summed E-state index contributed by atoms with van der Waals surface area (Å²) < 4.78 is 41.5. The van der Waals surface area contributed by atoms with Crippen LogP contribution in [0.25, 0.3) is 0 Å². The lowest BCUT2D eigenvalue weighted by Gasteiger charge is -2.39. The van der Waals surface area contributed by atoms with Crippen LogP contribution in [-0.2, 0) is 19.2 Å². The fourth-order valence-electron chi connectivity index (χ4n) is 3.93. The van der Waals surface area contributed by atoms with E-state index in [1.807, 2.05) is 49.4 Å². The predicted molar refractivity (Wildman–Crippen MR) is 141 cm³/mol. The van der Waals surface area contributed by atoms with E-state index in [2.05, 4.69) is 33.9 Å². The van der Waals surface area contributed by atoms with Gasteiger partial charge >= 0.3 is 0 Å². The van der Waals surface area contributed by atoms with Crippen LogP contribution >= 0.6 is 0 Å². The third-order valence-electron chi connectivity index (χ3n) is 7.22. The van der Waals surface area contributed by atoms with Gasteiger partial charge in [0.25, 0.3) is 0 Å². The van der Waals surface area contributed by atoms with Gasteiger partial charge in [-0.25, -0.2) is 8.42 Å². The van der Waals surface area contributed by atoms with Crippen LogP contribution in [0.2, 0.25) is 18.1 Å². The minimum atomic E-state index is -3.65. The van der Waals surface area contributed by atoms with Gasteiger partial charge in [-0.3, -0.25) is 0 Å². The summed E-state index contributed by atoms with van der Waals surface area (Å²) in [7, 11) is -5.38. The highest BCUT2D eigenvalue weighted by Crippen LogP contribution is 2.37. The zero-order valence-corrected chi connectivity index (χ0v) is 23.4. The van der Waals surface area contributed by atoms with Gasteiger partial charge in [0.2, 0.25) is 10.0 Å². The minimum absolute atomic E-state index is 0.118. The van der Waals surface area contributed by atoms with E-state index in [1.54, 1.807) is 16.4 Å². The number of morpholine rings is 1. The van der Waals surface area contributed by atoms with Crippen molar-refractivity contribution >= 4 is 18.3 Å². The molecule has 1 heterocycles. The third kappa shape index (κ3) is 6.58. The van der Waals surface area contributed by atoms with E-state index in [4.69, 9.17) is 9.16 Å². The minimum Gasteiger partial charge on any atom is -0.417 e. The maximum atomic E-state index is 13.7. The molecule has 2 aromatic rings. The summed E-state index contributed by atoms with van der Waals surface area (Å²) in [6, 6.07) is 16.6. The molecule has 0 bridgehead atoms. The second kappa shape index (κ2) is 11.0. The number of benzene rings is 2. The average Bonchev–Trinajstić information content (AvgIpc) is 2.79. The highest BCUT2D eigenvalue weighted by Gasteiger charge is 2.39. The van der Waals surface area contributed by atoms with Crippen molar-refractivity contribution in [1.82, 2.24) is 4.31 Å². The Morgan fingerprint density at radius 2 is 1.68 bits per heavy atom. The van der Waals surface area contributed by atoms with Gasteiger partial charge in [0.1, 0.15) is 0 Å². The normalized spacial score (nSPS) is 20.4. The van der Waals surface area contributed by atoms with Crippen LogP contribution in [0.3, 0.4) is 0 Å². The molecule has 7 heteroatoms. The average molecular weight is 504 g/mol. The van der Waals surface area contributed by atoms with Gasteiger partial charge in [0, 0.05) is 13.2 Å². The smallest absolute Gasteiger partial charge is 0.243 e. The summed E-state index contributed by atoms with van der Waals surface area (Å²) in [4.78, 5) is 0.336. The van der Waals surface area contributed by atoms with Crippen LogP contribution in [0, 0.1) is 6.92 Å². The highest BCUT2D eigenvalue weighted by atomic mass is 32.2. The molecule has 5 nitrogen and oxygen atoms in total. The Balaban J connectivity index is 1.67. The number of hydrogen-bond acceptors (Lipinski definition) is 4. The molecule has 0 saturated carbocycles. The molecule has 0 unspecified atom stereocenters. The van der Waals surface area contributed by atoms with Gasteiger partial charge in [-0.05, 0) is 62.0 Å². The van der Waals surface area contributed by atoms with Crippen molar-refractivity contribution in [2.24, 2.45) is 0 Å². The molecule has 188 valence electrons. The quantitative estimate of drug-likeness (QED) is 0.297. The number of sulfonamides is 1. The predicted octanol–water partition coefficient (Wildman–Crippen LogP) is 6.32. The molecule has 0 amide bonds. The van der Waals surface area contributed by atoms with E-state index in [-0.39, 0.29) is 17.2 Å². The molecule has 0 spiro atoms. The molecule has 0 N–H and O–H groups in total. The molecule has 1 saturated heterocycles. The molecular weight excluding hydrogens is 462 g/mol. The first-order valence-corrected chi connectivity index (χ1v) is 16.7. The Kier molecular flexibility index (Phi) is 8.79. The van der Waals surface area contributed by atoms with Gasteiger partial charge in [0.05, 0.1) is 23.6 Å². The van der Waals surface area contributed by atoms with E-state index in [0.717, 1.165) is 37.0 Å². The van der Waals surface area contributed by atoms with Crippen LogP contribution in [0.1, 0.15) is 57.2 Å². The zero-order chi connectivity index (χ0) is 25.0. The summed E-state index contributed by atoms with van der Waals surface area (Å²) in [5.41, 5.74) is 2.00. The first kappa shape index (κ1) is 27.1. The molecule has 0 aliphatic carbocycles. The van der Waals surface area contributed by atoms with Gasteiger partial charge in [-0.15, -0.1) is 0 Å². The van der Waals surface area contributed by atoms with Crippen LogP contribution in [0.15, 0.2) is 59.5 Å².